The molecule has 2 saturated heterocycles. The van der Waals surface area contributed by atoms with Crippen molar-refractivity contribution in [3.8, 4) is 0 Å². The minimum atomic E-state index is -0.783. The third kappa shape index (κ3) is 7.59. The standard InChI is InChI=1S/C72H98N4O6/c1-65(2)64(82-65)53(78)37-66(3)24-17-46-39-75-59-49(33-42-31-47(43-15-11-9-12-16-43)34-48(32-42)44-21-30-81-71(35-44)22-13-10-14-23-71)40-76(60(46)59)41-51-55-57(66)52(77)38-69(55,6)68(5)25-19-54-67(4,27-29-73-8)63(80)56-50-20-28-74-58(50)45-18-26-72(56,36-45)70(54,7)62(68)61(51)79/h20,28,31-32,34,39-40,43-45,51,53-54,56,61-62,64,73-75,78-79H,9-19,21-27,29-30,33,35-38,41H2,1-8H3/t44-,45-,51-,53-,54+,56+,61-,62+,64-,66+,67+,68+,69+,70-,72-/m1/s1. The number of H-pyrrole nitrogens is 2. The van der Waals surface area contributed by atoms with Crippen LogP contribution in [0, 0.1) is 50.2 Å². The van der Waals surface area contributed by atoms with E-state index < -0.39 is 44.9 Å². The molecule has 15 atom stereocenters. The number of Topliss-reactive ketones (excluding diaryl/α,β-unsaturated/α-hetero) is 2. The SMILES string of the molecule is CNCC[C@]1(C)C(=O)[C@@H]2c3cc[nH]c3[C@@H]3CC[C@]2(C3)[C@@]2(C)[C@H]3[C@H](O)[C@@H]4Cn5cc(Cc6cc(C7CCCCC7)cc([C@@H]7CCOC8(CCCCC8)C7)c6)c6[nH]cc(c65)CC[C@@](C)(C[C@@H](O)[C@H]5OC5(C)C)C5=C4[C@](C)(CC5=O)[C@@]3(C)CC[C@H]21. The molecule has 442 valence electrons. The highest BCUT2D eigenvalue weighted by molar-refractivity contribution is 6.02. The zero-order chi connectivity index (χ0) is 56.7. The van der Waals surface area contributed by atoms with E-state index in [1.165, 1.54) is 120 Å². The van der Waals surface area contributed by atoms with Gasteiger partial charge in [0.1, 0.15) is 11.9 Å². The molecule has 2 bridgehead atoms. The summed E-state index contributed by atoms with van der Waals surface area (Å²) in [5, 5.41) is 30.5. The van der Waals surface area contributed by atoms with E-state index in [2.05, 4.69) is 111 Å². The van der Waals surface area contributed by atoms with E-state index in [4.69, 9.17) is 9.47 Å². The number of aryl methyl sites for hydroxylation is 1. The summed E-state index contributed by atoms with van der Waals surface area (Å²) >= 11 is 0. The number of allylic oxidation sites excluding steroid dienone is 1. The van der Waals surface area contributed by atoms with E-state index in [-0.39, 0.29) is 46.6 Å². The number of nitrogens with zero attached hydrogens (tertiary/aromatic N) is 1. The Kier molecular flexibility index (Phi) is 12.6. The predicted octanol–water partition coefficient (Wildman–Crippen LogP) is 14.0. The first-order valence-electron chi connectivity index (χ1n) is 33.4. The molecular weight excluding hydrogens is 1020 g/mol. The van der Waals surface area contributed by atoms with Crippen LogP contribution in [0.25, 0.3) is 11.0 Å². The molecule has 0 amide bonds. The summed E-state index contributed by atoms with van der Waals surface area (Å²) < 4.78 is 15.5. The lowest BCUT2D eigenvalue weighted by Gasteiger charge is -2.76. The van der Waals surface area contributed by atoms with Gasteiger partial charge in [-0.1, -0.05) is 91.3 Å². The van der Waals surface area contributed by atoms with Crippen molar-refractivity contribution in [1.29, 1.82) is 0 Å². The van der Waals surface area contributed by atoms with Crippen LogP contribution in [0.1, 0.15) is 246 Å². The van der Waals surface area contributed by atoms with Crippen LogP contribution in [-0.2, 0) is 38.4 Å². The fourth-order valence-electron chi connectivity index (χ4n) is 23.3. The average Bonchev–Trinajstić information content (AvgIpc) is 1.22. The lowest BCUT2D eigenvalue weighted by atomic mass is 9.28. The molecule has 4 aromatic rings. The zero-order valence-corrected chi connectivity index (χ0v) is 51.2. The fourth-order valence-corrected chi connectivity index (χ4v) is 23.3. The maximum Gasteiger partial charge on any atom is 0.160 e. The summed E-state index contributed by atoms with van der Waals surface area (Å²) in [6, 6.07) is 10.0. The molecule has 10 heteroatoms. The second-order valence-corrected chi connectivity index (χ2v) is 31.7. The zero-order valence-electron chi connectivity index (χ0n) is 51.2. The number of ketones is 2. The number of benzene rings is 1. The summed E-state index contributed by atoms with van der Waals surface area (Å²) in [5.74, 6) is 1.37. The molecule has 6 heterocycles. The quantitative estimate of drug-likeness (QED) is 0.0995. The minimum absolute atomic E-state index is 0.0303. The third-order valence-electron chi connectivity index (χ3n) is 27.3. The molecule has 10 nitrogen and oxygen atoms in total. The van der Waals surface area contributed by atoms with Crippen molar-refractivity contribution in [3.05, 3.63) is 93.1 Å². The van der Waals surface area contributed by atoms with E-state index in [1.54, 1.807) is 0 Å². The minimum Gasteiger partial charge on any atom is -0.392 e. The number of carbonyl (C=O) groups is 2. The van der Waals surface area contributed by atoms with Crippen LogP contribution in [0.15, 0.2) is 54.0 Å². The first kappa shape index (κ1) is 54.8. The topological polar surface area (TPSA) is 145 Å². The van der Waals surface area contributed by atoms with Crippen molar-refractivity contribution in [2.24, 2.45) is 50.2 Å². The number of carbonyl (C=O) groups excluding carboxylic acids is 2. The molecule has 15 rings (SSSR count). The van der Waals surface area contributed by atoms with Crippen molar-refractivity contribution in [1.82, 2.24) is 19.9 Å². The van der Waals surface area contributed by atoms with Gasteiger partial charge in [0.05, 0.1) is 40.4 Å². The summed E-state index contributed by atoms with van der Waals surface area (Å²) in [7, 11) is 2.02. The number of nitrogens with one attached hydrogen (secondary N) is 3. The average molecular weight is 1120 g/mol. The highest BCUT2D eigenvalue weighted by Gasteiger charge is 2.80. The summed E-state index contributed by atoms with van der Waals surface area (Å²) in [6.45, 7) is 18.5. The number of hydrogen-bond donors (Lipinski definition) is 5. The van der Waals surface area contributed by atoms with E-state index in [0.29, 0.717) is 49.3 Å². The maximum absolute atomic E-state index is 16.0. The first-order chi connectivity index (χ1) is 39.2. The van der Waals surface area contributed by atoms with Crippen molar-refractivity contribution in [2.45, 2.75) is 256 Å². The molecule has 2 spiro atoms. The monoisotopic (exact) mass is 1110 g/mol. The van der Waals surface area contributed by atoms with Crippen LogP contribution >= 0.6 is 0 Å². The fraction of sp³-hybridized carbons (Fsp3) is 0.722. The van der Waals surface area contributed by atoms with Gasteiger partial charge in [0.15, 0.2) is 5.78 Å². The van der Waals surface area contributed by atoms with Crippen molar-refractivity contribution in [2.75, 3.05) is 20.2 Å². The largest absolute Gasteiger partial charge is 0.392 e. The first-order valence-corrected chi connectivity index (χ1v) is 33.4. The van der Waals surface area contributed by atoms with Crippen LogP contribution in [0.3, 0.4) is 0 Å². The number of aromatic amines is 2. The number of ether oxygens (including phenoxy) is 2. The van der Waals surface area contributed by atoms with Gasteiger partial charge in [-0.3, -0.25) is 9.59 Å². The van der Waals surface area contributed by atoms with Crippen LogP contribution in [0.2, 0.25) is 0 Å². The lowest BCUT2D eigenvalue weighted by molar-refractivity contribution is -0.267. The van der Waals surface area contributed by atoms with Gasteiger partial charge in [0.25, 0.3) is 0 Å². The Hall–Kier alpha value is -3.80. The highest BCUT2D eigenvalue weighted by atomic mass is 16.6. The molecule has 0 radical (unpaired) electrons. The Labute approximate surface area is 488 Å². The van der Waals surface area contributed by atoms with E-state index in [0.717, 1.165) is 82.9 Å². The Morgan fingerprint density at radius 2 is 1.60 bits per heavy atom. The normalized spacial score (nSPS) is 41.2. The molecule has 3 aromatic heterocycles. The number of epoxide rings is 1. The molecule has 8 aliphatic carbocycles. The Morgan fingerprint density at radius 3 is 2.35 bits per heavy atom. The smallest absolute Gasteiger partial charge is 0.160 e. The summed E-state index contributed by atoms with van der Waals surface area (Å²) in [6.07, 6.45) is 28.6. The van der Waals surface area contributed by atoms with Crippen molar-refractivity contribution in [3.63, 3.8) is 0 Å². The van der Waals surface area contributed by atoms with Gasteiger partial charge < -0.3 is 39.5 Å². The van der Waals surface area contributed by atoms with Gasteiger partial charge in [-0.15, -0.1) is 0 Å². The maximum atomic E-state index is 16.0. The highest BCUT2D eigenvalue weighted by Crippen LogP contribution is 2.84. The summed E-state index contributed by atoms with van der Waals surface area (Å²) in [5.41, 5.74) is 10.5. The van der Waals surface area contributed by atoms with Gasteiger partial charge in [0.2, 0.25) is 0 Å². The number of aliphatic hydroxyl groups excluding tert-OH is 2. The van der Waals surface area contributed by atoms with Gasteiger partial charge >= 0.3 is 0 Å². The molecule has 3 aliphatic heterocycles. The van der Waals surface area contributed by atoms with Crippen LogP contribution in [0.5, 0.6) is 0 Å². The van der Waals surface area contributed by atoms with E-state index >= 15 is 9.59 Å². The van der Waals surface area contributed by atoms with Crippen LogP contribution < -0.4 is 5.32 Å². The van der Waals surface area contributed by atoms with E-state index in [1.807, 2.05) is 7.05 Å². The van der Waals surface area contributed by atoms with Crippen molar-refractivity contribution >= 4 is 22.6 Å². The molecule has 8 fully saturated rings. The Balaban J connectivity index is 0.888. The summed E-state index contributed by atoms with van der Waals surface area (Å²) in [4.78, 5) is 39.6. The molecule has 0 unspecified atom stereocenters. The van der Waals surface area contributed by atoms with Crippen molar-refractivity contribution < 1.29 is 29.3 Å². The van der Waals surface area contributed by atoms with Gasteiger partial charge in [0, 0.05) is 72.6 Å². The molecular formula is C72H98N4O6. The molecule has 82 heavy (non-hydrogen) atoms. The number of aromatic nitrogens is 3. The van der Waals surface area contributed by atoms with E-state index in [9.17, 15) is 10.2 Å². The lowest BCUT2D eigenvalue weighted by Crippen LogP contribution is -2.74. The Bertz CT molecular complexity index is 3250. The Morgan fingerprint density at radius 1 is 0.841 bits per heavy atom. The second-order valence-electron chi connectivity index (χ2n) is 31.7. The number of rotatable bonds is 10. The second kappa shape index (κ2) is 18.9. The molecule has 6 saturated carbocycles. The van der Waals surface area contributed by atoms with Crippen LogP contribution in [0.4, 0.5) is 0 Å². The van der Waals surface area contributed by atoms with Crippen LogP contribution in [-0.4, -0.2) is 86.0 Å². The number of fused-ring (bicyclic) bond motifs is 8. The number of aliphatic hydroxyl groups is 2. The third-order valence-corrected chi connectivity index (χ3v) is 27.3. The molecule has 11 aliphatic rings. The predicted molar refractivity (Wildman–Crippen MR) is 322 cm³/mol. The van der Waals surface area contributed by atoms with Gasteiger partial charge in [-0.25, -0.2) is 0 Å². The number of hydrogen-bond acceptors (Lipinski definition) is 7. The molecule has 5 N–H and O–H groups in total. The van der Waals surface area contributed by atoms with Gasteiger partial charge in [-0.05, 0) is 220 Å². The van der Waals surface area contributed by atoms with Gasteiger partial charge in [-0.2, -0.15) is 0 Å². The molecule has 1 aromatic carbocycles.